The minimum atomic E-state index is -0.469. The van der Waals surface area contributed by atoms with Gasteiger partial charge in [0.2, 0.25) is 0 Å². The van der Waals surface area contributed by atoms with E-state index in [1.54, 1.807) is 18.2 Å². The molecule has 0 saturated carbocycles. The van der Waals surface area contributed by atoms with Crippen molar-refractivity contribution in [1.82, 2.24) is 4.98 Å². The number of pyridine rings is 1. The molecule has 2 aromatic carbocycles. The molecule has 1 aromatic heterocycles. The highest BCUT2D eigenvalue weighted by Crippen LogP contribution is 2.35. The lowest BCUT2D eigenvalue weighted by molar-refractivity contribution is 0.227. The maximum atomic E-state index is 15.3. The number of benzene rings is 2. The summed E-state index contributed by atoms with van der Waals surface area (Å²) in [6.45, 7) is 9.50. The number of nitrogens with two attached hydrogens (primary N) is 1. The summed E-state index contributed by atoms with van der Waals surface area (Å²) in [6.07, 6.45) is 6.60. The van der Waals surface area contributed by atoms with Crippen LogP contribution in [0.1, 0.15) is 69.2 Å². The molecule has 212 valence electrons. The van der Waals surface area contributed by atoms with E-state index in [9.17, 15) is 0 Å². The molecule has 0 spiro atoms. The zero-order valence-corrected chi connectivity index (χ0v) is 24.9. The summed E-state index contributed by atoms with van der Waals surface area (Å²) in [4.78, 5) is 6.12. The first-order valence-electron chi connectivity index (χ1n) is 13.6. The van der Waals surface area contributed by atoms with E-state index in [1.165, 1.54) is 24.9 Å². The SMILES string of the molecule is CC/C(C)=C(/Nc1cc(F)c(N2CCCCC2)cc1C)C(=N)c1cc(OC(C)c2c(Cl)cncc2Cl)ccc1N. The first-order chi connectivity index (χ1) is 19.1. The number of nitrogens with zero attached hydrogens (tertiary/aromatic N) is 2. The van der Waals surface area contributed by atoms with Gasteiger partial charge in [0.1, 0.15) is 17.7 Å². The number of aryl methyl sites for hydroxylation is 1. The Morgan fingerprint density at radius 2 is 1.82 bits per heavy atom. The Morgan fingerprint density at radius 3 is 2.48 bits per heavy atom. The van der Waals surface area contributed by atoms with Gasteiger partial charge in [-0.1, -0.05) is 30.1 Å². The van der Waals surface area contributed by atoms with Crippen LogP contribution in [-0.4, -0.2) is 23.8 Å². The summed E-state index contributed by atoms with van der Waals surface area (Å²) in [5, 5.41) is 13.3. The van der Waals surface area contributed by atoms with Crippen LogP contribution in [0.2, 0.25) is 10.0 Å². The molecule has 3 aromatic rings. The lowest BCUT2D eigenvalue weighted by Crippen LogP contribution is -2.30. The standard InChI is InChI=1S/C31H36Cl2FN5O/c1-5-18(2)31(38-27-15-25(34)28(13-19(27)3)39-11-7-6-8-12-39)30(36)22-14-21(9-10-26(22)35)40-20(4)29-23(32)16-37-17-24(29)33/h9-10,13-17,20,36,38H,5-8,11-12,35H2,1-4H3/b31-18+,36-30?. The molecule has 1 atom stereocenters. The predicted molar refractivity (Wildman–Crippen MR) is 165 cm³/mol. The number of rotatable bonds is 9. The Labute approximate surface area is 245 Å². The summed E-state index contributed by atoms with van der Waals surface area (Å²) < 4.78 is 21.5. The summed E-state index contributed by atoms with van der Waals surface area (Å²) in [5.41, 5.74) is 11.8. The Bertz CT molecular complexity index is 1420. The van der Waals surface area contributed by atoms with E-state index < -0.39 is 6.10 Å². The van der Waals surface area contributed by atoms with Gasteiger partial charge in [-0.25, -0.2) is 4.39 Å². The molecule has 4 rings (SSSR count). The van der Waals surface area contributed by atoms with Gasteiger partial charge in [-0.3, -0.25) is 10.4 Å². The number of piperidine rings is 1. The predicted octanol–water partition coefficient (Wildman–Crippen LogP) is 8.71. The minimum Gasteiger partial charge on any atom is -0.486 e. The Balaban J connectivity index is 1.62. The highest BCUT2D eigenvalue weighted by Gasteiger charge is 2.21. The summed E-state index contributed by atoms with van der Waals surface area (Å²) in [7, 11) is 0. The van der Waals surface area contributed by atoms with Crippen LogP contribution >= 0.6 is 23.2 Å². The number of hydrogen-bond donors (Lipinski definition) is 3. The topological polar surface area (TPSA) is 87.3 Å². The maximum absolute atomic E-state index is 15.3. The second-order valence-corrected chi connectivity index (χ2v) is 11.0. The van der Waals surface area contributed by atoms with E-state index in [0.717, 1.165) is 37.1 Å². The first kappa shape index (κ1) is 29.7. The number of hydrogen-bond acceptors (Lipinski definition) is 6. The number of aromatic nitrogens is 1. The fraction of sp³-hybridized carbons (Fsp3) is 0.355. The van der Waals surface area contributed by atoms with Crippen LogP contribution in [0.4, 0.5) is 21.5 Å². The molecule has 1 aliphatic heterocycles. The molecule has 0 radical (unpaired) electrons. The van der Waals surface area contributed by atoms with Crippen LogP contribution in [0.3, 0.4) is 0 Å². The molecular formula is C31H36Cl2FN5O. The van der Waals surface area contributed by atoms with Crippen LogP contribution in [0.5, 0.6) is 5.75 Å². The van der Waals surface area contributed by atoms with Gasteiger partial charge in [-0.05, 0) is 87.9 Å². The van der Waals surface area contributed by atoms with Crippen LogP contribution in [0.25, 0.3) is 0 Å². The Hall–Kier alpha value is -3.29. The molecule has 0 bridgehead atoms. The monoisotopic (exact) mass is 583 g/mol. The summed E-state index contributed by atoms with van der Waals surface area (Å²) >= 11 is 12.6. The summed E-state index contributed by atoms with van der Waals surface area (Å²) in [6, 6.07) is 8.61. The average Bonchev–Trinajstić information content (AvgIpc) is 2.94. The van der Waals surface area contributed by atoms with Gasteiger partial charge in [-0.15, -0.1) is 0 Å². The van der Waals surface area contributed by atoms with Crippen molar-refractivity contribution in [3.05, 3.63) is 86.5 Å². The van der Waals surface area contributed by atoms with Crippen molar-refractivity contribution in [1.29, 1.82) is 5.41 Å². The first-order valence-corrected chi connectivity index (χ1v) is 14.3. The fourth-order valence-electron chi connectivity index (χ4n) is 4.90. The van der Waals surface area contributed by atoms with Crippen molar-refractivity contribution < 1.29 is 9.13 Å². The molecular weight excluding hydrogens is 548 g/mol. The molecule has 1 unspecified atom stereocenters. The molecule has 1 fully saturated rings. The van der Waals surface area contributed by atoms with Crippen molar-refractivity contribution in [3.63, 3.8) is 0 Å². The van der Waals surface area contributed by atoms with Gasteiger partial charge in [0.25, 0.3) is 0 Å². The number of allylic oxidation sites excluding steroid dienone is 2. The van der Waals surface area contributed by atoms with E-state index in [2.05, 4.69) is 15.2 Å². The van der Waals surface area contributed by atoms with E-state index >= 15 is 4.39 Å². The summed E-state index contributed by atoms with van der Waals surface area (Å²) in [5.74, 6) is 0.236. The normalized spacial score (nSPS) is 14.9. The molecule has 2 heterocycles. The molecule has 4 N–H and O–H groups in total. The number of ether oxygens (including phenoxy) is 1. The van der Waals surface area contributed by atoms with Gasteiger partial charge in [-0.2, -0.15) is 0 Å². The average molecular weight is 585 g/mol. The molecule has 9 heteroatoms. The Kier molecular flexibility index (Phi) is 9.59. The highest BCUT2D eigenvalue weighted by molar-refractivity contribution is 6.35. The number of halogens is 3. The van der Waals surface area contributed by atoms with Gasteiger partial charge in [0.15, 0.2) is 0 Å². The zero-order valence-electron chi connectivity index (χ0n) is 23.4. The van der Waals surface area contributed by atoms with E-state index in [0.29, 0.717) is 56.1 Å². The van der Waals surface area contributed by atoms with Gasteiger partial charge < -0.3 is 20.7 Å². The van der Waals surface area contributed by atoms with Crippen molar-refractivity contribution in [2.24, 2.45) is 0 Å². The third-order valence-electron chi connectivity index (χ3n) is 7.36. The van der Waals surface area contributed by atoms with Crippen molar-refractivity contribution in [2.75, 3.05) is 29.0 Å². The third-order valence-corrected chi connectivity index (χ3v) is 7.96. The lowest BCUT2D eigenvalue weighted by Gasteiger charge is -2.30. The van der Waals surface area contributed by atoms with Gasteiger partial charge >= 0.3 is 0 Å². The van der Waals surface area contributed by atoms with Crippen LogP contribution in [-0.2, 0) is 0 Å². The largest absolute Gasteiger partial charge is 0.486 e. The van der Waals surface area contributed by atoms with Crippen LogP contribution in [0.15, 0.2) is 54.0 Å². The zero-order chi connectivity index (χ0) is 29.0. The molecule has 1 saturated heterocycles. The van der Waals surface area contributed by atoms with Crippen molar-refractivity contribution in [3.8, 4) is 5.75 Å². The molecule has 6 nitrogen and oxygen atoms in total. The lowest BCUT2D eigenvalue weighted by atomic mass is 9.99. The van der Waals surface area contributed by atoms with E-state index in [1.807, 2.05) is 33.8 Å². The van der Waals surface area contributed by atoms with Gasteiger partial charge in [0, 0.05) is 48.0 Å². The second kappa shape index (κ2) is 12.9. The molecule has 0 amide bonds. The fourth-order valence-corrected chi connectivity index (χ4v) is 5.58. The van der Waals surface area contributed by atoms with Crippen molar-refractivity contribution >= 4 is 46.0 Å². The number of anilines is 3. The van der Waals surface area contributed by atoms with E-state index in [4.69, 9.17) is 39.1 Å². The molecule has 40 heavy (non-hydrogen) atoms. The smallest absolute Gasteiger partial charge is 0.148 e. The van der Waals surface area contributed by atoms with Crippen LogP contribution < -0.4 is 20.7 Å². The highest BCUT2D eigenvalue weighted by atomic mass is 35.5. The molecule has 1 aliphatic rings. The number of nitrogens with one attached hydrogen (secondary N) is 2. The minimum absolute atomic E-state index is 0.190. The van der Waals surface area contributed by atoms with Crippen LogP contribution in [0, 0.1) is 18.2 Å². The van der Waals surface area contributed by atoms with Crippen molar-refractivity contribution in [2.45, 2.75) is 59.5 Å². The van der Waals surface area contributed by atoms with E-state index in [-0.39, 0.29) is 11.5 Å². The third kappa shape index (κ3) is 6.53. The van der Waals surface area contributed by atoms with Gasteiger partial charge in [0.05, 0.1) is 27.1 Å². The Morgan fingerprint density at radius 1 is 1.15 bits per heavy atom. The molecule has 0 aliphatic carbocycles. The second-order valence-electron chi connectivity index (χ2n) is 10.2. The quantitative estimate of drug-likeness (QED) is 0.173. The maximum Gasteiger partial charge on any atom is 0.148 e. The number of nitrogen functional groups attached to an aromatic ring is 1.